The molecule has 69 heavy (non-hydrogen) atoms. The molecule has 322 valence electrons. The van der Waals surface area contributed by atoms with E-state index >= 15 is 0 Å². The van der Waals surface area contributed by atoms with Crippen molar-refractivity contribution in [3.8, 4) is 84.4 Å². The summed E-state index contributed by atoms with van der Waals surface area (Å²) < 4.78 is 2.42. The Labute approximate surface area is 400 Å². The van der Waals surface area contributed by atoms with Crippen molar-refractivity contribution in [3.05, 3.63) is 255 Å². The molecule has 0 saturated heterocycles. The van der Waals surface area contributed by atoms with Gasteiger partial charge >= 0.3 is 0 Å². The molecule has 0 amide bonds. The molecule has 0 aliphatic heterocycles. The minimum absolute atomic E-state index is 0.587. The maximum atomic E-state index is 5.49. The number of aromatic nitrogens is 4. The quantitative estimate of drug-likeness (QED) is 0.143. The first kappa shape index (κ1) is 40.1. The summed E-state index contributed by atoms with van der Waals surface area (Å²) in [5, 5.41) is 7.19. The Morgan fingerprint density at radius 3 is 1.30 bits per heavy atom. The van der Waals surface area contributed by atoms with E-state index in [2.05, 4.69) is 241 Å². The predicted octanol–water partition coefficient (Wildman–Crippen LogP) is 16.9. The summed E-state index contributed by atoms with van der Waals surface area (Å²) in [6.45, 7) is 0. The molecule has 2 heterocycles. The molecule has 0 unspecified atom stereocenters. The molecule has 0 saturated carbocycles. The third kappa shape index (κ3) is 7.32. The second-order valence-corrected chi connectivity index (χ2v) is 17.6. The zero-order chi connectivity index (χ0) is 45.7. The lowest BCUT2D eigenvalue weighted by Crippen LogP contribution is -2.02. The van der Waals surface area contributed by atoms with Crippen LogP contribution in [0.3, 0.4) is 0 Å². The van der Waals surface area contributed by atoms with Crippen molar-refractivity contribution in [1.82, 2.24) is 19.5 Å². The minimum atomic E-state index is 0.587. The van der Waals surface area contributed by atoms with Gasteiger partial charge in [0.25, 0.3) is 0 Å². The molecule has 0 N–H and O–H groups in total. The molecule has 0 fully saturated rings. The van der Waals surface area contributed by atoms with Crippen molar-refractivity contribution in [3.63, 3.8) is 0 Å². The van der Waals surface area contributed by atoms with Gasteiger partial charge in [-0.15, -0.1) is 0 Å². The fraction of sp³-hybridized carbons (Fsp3) is 0. The topological polar surface area (TPSA) is 43.6 Å². The third-order valence-corrected chi connectivity index (χ3v) is 13.4. The summed E-state index contributed by atoms with van der Waals surface area (Å²) in [7, 11) is 0. The van der Waals surface area contributed by atoms with Gasteiger partial charge in [-0.25, -0.2) is 15.0 Å². The lowest BCUT2D eigenvalue weighted by molar-refractivity contribution is 1.07. The van der Waals surface area contributed by atoms with Gasteiger partial charge in [-0.05, 0) is 121 Å². The Balaban J connectivity index is 1.10. The van der Waals surface area contributed by atoms with Gasteiger partial charge in [-0.1, -0.05) is 200 Å². The Hall–Kier alpha value is -9.25. The van der Waals surface area contributed by atoms with E-state index < -0.39 is 0 Å². The van der Waals surface area contributed by atoms with E-state index in [1.54, 1.807) is 0 Å². The van der Waals surface area contributed by atoms with E-state index in [1.807, 2.05) is 18.2 Å². The standard InChI is InChI=1S/C65H42N4/c1-5-19-43(20-6-1)47-33-34-59-58-31-17-18-32-61(58)69(62(59)42-47)54-39-51(60-41-48-27-13-14-28-55(48)56-29-15-16-30-57(56)60)38-53(40-54)65-67-63(46-25-11-4-12-26-46)66-64(68-65)52-36-49(44-21-7-2-8-22-44)35-50(37-52)45-23-9-3-10-24-45/h1-42H. The molecule has 0 aliphatic carbocycles. The van der Waals surface area contributed by atoms with E-state index in [1.165, 1.54) is 37.9 Å². The normalized spacial score (nSPS) is 11.5. The number of fused-ring (bicyclic) bond motifs is 6. The maximum absolute atomic E-state index is 5.49. The number of para-hydroxylation sites is 1. The molecule has 13 rings (SSSR count). The van der Waals surface area contributed by atoms with Crippen molar-refractivity contribution in [1.29, 1.82) is 0 Å². The Bertz CT molecular complexity index is 3990. The zero-order valence-corrected chi connectivity index (χ0v) is 37.5. The van der Waals surface area contributed by atoms with Crippen LogP contribution in [0.15, 0.2) is 255 Å². The van der Waals surface area contributed by atoms with Crippen molar-refractivity contribution in [2.24, 2.45) is 0 Å². The van der Waals surface area contributed by atoms with Gasteiger partial charge < -0.3 is 4.57 Å². The first-order valence-electron chi connectivity index (χ1n) is 23.4. The molecule has 2 aromatic heterocycles. The molecule has 0 aliphatic rings. The highest BCUT2D eigenvalue weighted by atomic mass is 15.0. The van der Waals surface area contributed by atoms with E-state index in [0.717, 1.165) is 72.4 Å². The average molecular weight is 879 g/mol. The summed E-state index contributed by atoms with van der Waals surface area (Å²) in [6.07, 6.45) is 0. The van der Waals surface area contributed by atoms with Gasteiger partial charge in [-0.3, -0.25) is 0 Å². The Kier molecular flexibility index (Phi) is 9.80. The second kappa shape index (κ2) is 16.9. The molecule has 4 nitrogen and oxygen atoms in total. The van der Waals surface area contributed by atoms with Crippen LogP contribution in [-0.2, 0) is 0 Å². The Morgan fingerprint density at radius 2 is 0.667 bits per heavy atom. The van der Waals surface area contributed by atoms with Crippen LogP contribution in [-0.4, -0.2) is 19.5 Å². The van der Waals surface area contributed by atoms with Crippen molar-refractivity contribution in [2.75, 3.05) is 0 Å². The highest BCUT2D eigenvalue weighted by molar-refractivity contribution is 6.14. The van der Waals surface area contributed by atoms with Gasteiger partial charge in [-0.2, -0.15) is 0 Å². The van der Waals surface area contributed by atoms with Crippen molar-refractivity contribution in [2.45, 2.75) is 0 Å². The predicted molar refractivity (Wildman–Crippen MR) is 287 cm³/mol. The summed E-state index contributed by atoms with van der Waals surface area (Å²) in [5.41, 5.74) is 14.9. The third-order valence-electron chi connectivity index (χ3n) is 13.4. The number of benzene rings is 11. The molecule has 0 spiro atoms. The van der Waals surface area contributed by atoms with Crippen LogP contribution in [0.2, 0.25) is 0 Å². The fourth-order valence-corrected chi connectivity index (χ4v) is 10.1. The van der Waals surface area contributed by atoms with Gasteiger partial charge in [0, 0.05) is 33.2 Å². The van der Waals surface area contributed by atoms with E-state index in [9.17, 15) is 0 Å². The monoisotopic (exact) mass is 878 g/mol. The van der Waals surface area contributed by atoms with Gasteiger partial charge in [0.2, 0.25) is 0 Å². The first-order chi connectivity index (χ1) is 34.2. The summed E-state index contributed by atoms with van der Waals surface area (Å²) in [5.74, 6) is 1.79. The van der Waals surface area contributed by atoms with Crippen LogP contribution in [0.4, 0.5) is 0 Å². The summed E-state index contributed by atoms with van der Waals surface area (Å²) >= 11 is 0. The molecular formula is C65H42N4. The Morgan fingerprint density at radius 1 is 0.232 bits per heavy atom. The molecular weight excluding hydrogens is 837 g/mol. The van der Waals surface area contributed by atoms with E-state index in [0.29, 0.717) is 17.5 Å². The highest BCUT2D eigenvalue weighted by Gasteiger charge is 2.20. The molecule has 11 aromatic carbocycles. The minimum Gasteiger partial charge on any atom is -0.309 e. The van der Waals surface area contributed by atoms with Crippen molar-refractivity contribution >= 4 is 43.4 Å². The largest absolute Gasteiger partial charge is 0.309 e. The lowest BCUT2D eigenvalue weighted by Gasteiger charge is -2.17. The van der Waals surface area contributed by atoms with E-state index in [-0.39, 0.29) is 0 Å². The maximum Gasteiger partial charge on any atom is 0.164 e. The first-order valence-corrected chi connectivity index (χ1v) is 23.4. The van der Waals surface area contributed by atoms with E-state index in [4.69, 9.17) is 15.0 Å². The second-order valence-electron chi connectivity index (χ2n) is 17.6. The number of rotatable bonds is 8. The molecule has 13 aromatic rings. The van der Waals surface area contributed by atoms with Gasteiger partial charge in [0.05, 0.1) is 11.0 Å². The van der Waals surface area contributed by atoms with Crippen LogP contribution in [0, 0.1) is 0 Å². The van der Waals surface area contributed by atoms with Gasteiger partial charge in [0.1, 0.15) is 0 Å². The summed E-state index contributed by atoms with van der Waals surface area (Å²) in [6, 6.07) is 90.9. The number of nitrogens with zero attached hydrogens (tertiary/aromatic N) is 4. The smallest absolute Gasteiger partial charge is 0.164 e. The van der Waals surface area contributed by atoms with Crippen LogP contribution in [0.25, 0.3) is 128 Å². The SMILES string of the molecule is c1ccc(-c2cc(-c3ccccc3)cc(-c3nc(-c4ccccc4)nc(-c4cc(-c5cc6ccccc6c6ccccc56)cc(-n5c6ccccc6c6ccc(-c7ccccc7)cc65)c4)n3)c2)cc1. The van der Waals surface area contributed by atoms with Crippen LogP contribution < -0.4 is 0 Å². The zero-order valence-electron chi connectivity index (χ0n) is 37.5. The number of hydrogen-bond donors (Lipinski definition) is 0. The lowest BCUT2D eigenvalue weighted by atomic mass is 9.92. The highest BCUT2D eigenvalue weighted by Crippen LogP contribution is 2.41. The average Bonchev–Trinajstić information content (AvgIpc) is 3.77. The van der Waals surface area contributed by atoms with Gasteiger partial charge in [0.15, 0.2) is 17.5 Å². The molecule has 4 heteroatoms. The molecule has 0 atom stereocenters. The molecule has 0 radical (unpaired) electrons. The van der Waals surface area contributed by atoms with Crippen molar-refractivity contribution < 1.29 is 0 Å². The molecule has 0 bridgehead atoms. The fourth-order valence-electron chi connectivity index (χ4n) is 10.1. The van der Waals surface area contributed by atoms with Crippen LogP contribution >= 0.6 is 0 Å². The van der Waals surface area contributed by atoms with Crippen LogP contribution in [0.5, 0.6) is 0 Å². The van der Waals surface area contributed by atoms with Crippen LogP contribution in [0.1, 0.15) is 0 Å². The summed E-state index contributed by atoms with van der Waals surface area (Å²) in [4.78, 5) is 16.2. The number of hydrogen-bond acceptors (Lipinski definition) is 3.